The second kappa shape index (κ2) is 7.34. The average Bonchev–Trinajstić information content (AvgIpc) is 3.26. The molecule has 0 bridgehead atoms. The third-order valence-electron chi connectivity index (χ3n) is 7.48. The third-order valence-corrected chi connectivity index (χ3v) is 16.5. The Kier molecular flexibility index (Phi) is 5.82. The zero-order valence-corrected chi connectivity index (χ0v) is 22.5. The van der Waals surface area contributed by atoms with Crippen LogP contribution in [0.5, 0.6) is 0 Å². The van der Waals surface area contributed by atoms with E-state index in [4.69, 9.17) is 18.9 Å². The molecule has 0 aromatic rings. The van der Waals surface area contributed by atoms with Crippen LogP contribution in [0.15, 0.2) is 11.1 Å². The molecule has 3 rings (SSSR count). The fourth-order valence-electron chi connectivity index (χ4n) is 3.19. The molecule has 2 spiro atoms. The van der Waals surface area contributed by atoms with Gasteiger partial charge in [0, 0.05) is 0 Å². The van der Waals surface area contributed by atoms with Crippen molar-refractivity contribution in [2.45, 2.75) is 89.4 Å². The van der Waals surface area contributed by atoms with Crippen molar-refractivity contribution in [1.82, 2.24) is 0 Å². The van der Waals surface area contributed by atoms with Gasteiger partial charge in [0.1, 0.15) is 16.1 Å². The number of fused-ring (bicyclic) bond motifs is 1. The Morgan fingerprint density at radius 2 is 0.867 bits per heavy atom. The minimum absolute atomic E-state index is 0.167. The van der Waals surface area contributed by atoms with Gasteiger partial charge in [0.05, 0.1) is 37.6 Å². The predicted octanol–water partition coefficient (Wildman–Crippen LogP) is 4.89. The van der Waals surface area contributed by atoms with E-state index in [2.05, 4.69) is 90.7 Å². The molecule has 0 aromatic heterocycles. The van der Waals surface area contributed by atoms with Crippen molar-refractivity contribution < 1.29 is 18.9 Å². The molecule has 0 unspecified atom stereocenters. The summed E-state index contributed by atoms with van der Waals surface area (Å²) in [5, 5.41) is 0.333. The number of rotatable bonds is 0. The SMILES string of the molecule is CC(C)(C)[Si](C)(C)C#CC1=C(C#C[Si](C)(C)C(C)(C)C)C2(OCCO2)C12OCCO2. The van der Waals surface area contributed by atoms with Crippen LogP contribution in [0.4, 0.5) is 0 Å². The van der Waals surface area contributed by atoms with Crippen molar-refractivity contribution >= 4 is 16.1 Å². The molecule has 0 aromatic carbocycles. The van der Waals surface area contributed by atoms with Crippen LogP contribution in [0, 0.1) is 22.9 Å². The van der Waals surface area contributed by atoms with Crippen LogP contribution in [-0.4, -0.2) is 54.1 Å². The second-order valence-electron chi connectivity index (χ2n) is 11.6. The van der Waals surface area contributed by atoms with Crippen LogP contribution >= 0.6 is 0 Å². The number of hydrogen-bond donors (Lipinski definition) is 0. The summed E-state index contributed by atoms with van der Waals surface area (Å²) in [6.07, 6.45) is 0. The summed E-state index contributed by atoms with van der Waals surface area (Å²) >= 11 is 0. The first-order valence-electron chi connectivity index (χ1n) is 11.0. The maximum absolute atomic E-state index is 6.13. The highest BCUT2D eigenvalue weighted by Gasteiger charge is 2.73. The van der Waals surface area contributed by atoms with Gasteiger partial charge >= 0.3 is 0 Å². The van der Waals surface area contributed by atoms with Gasteiger partial charge in [-0.2, -0.15) is 0 Å². The third kappa shape index (κ3) is 3.56. The van der Waals surface area contributed by atoms with Gasteiger partial charge in [0.2, 0.25) is 0 Å². The first-order chi connectivity index (χ1) is 13.6. The molecule has 0 atom stereocenters. The first-order valence-corrected chi connectivity index (χ1v) is 17.0. The molecule has 0 radical (unpaired) electrons. The minimum atomic E-state index is -1.82. The Balaban J connectivity index is 2.16. The smallest absolute Gasteiger partial charge is 0.266 e. The summed E-state index contributed by atoms with van der Waals surface area (Å²) in [7, 11) is -3.63. The van der Waals surface area contributed by atoms with Crippen molar-refractivity contribution in [2.24, 2.45) is 0 Å². The maximum atomic E-state index is 6.13. The van der Waals surface area contributed by atoms with E-state index >= 15 is 0 Å². The summed E-state index contributed by atoms with van der Waals surface area (Å²) in [4.78, 5) is 0. The molecule has 30 heavy (non-hydrogen) atoms. The van der Waals surface area contributed by atoms with E-state index in [1.165, 1.54) is 0 Å². The molecule has 2 saturated heterocycles. The molecule has 2 heterocycles. The monoisotopic (exact) mass is 446 g/mol. The van der Waals surface area contributed by atoms with Gasteiger partial charge in [-0.1, -0.05) is 79.6 Å². The Morgan fingerprint density at radius 1 is 0.600 bits per heavy atom. The molecule has 6 heteroatoms. The second-order valence-corrected chi connectivity index (χ2v) is 21.6. The molecular formula is C24H38O4Si2. The molecule has 0 amide bonds. The van der Waals surface area contributed by atoms with E-state index in [-0.39, 0.29) is 10.1 Å². The average molecular weight is 447 g/mol. The zero-order chi connectivity index (χ0) is 22.6. The van der Waals surface area contributed by atoms with Gasteiger partial charge in [-0.05, 0) is 10.1 Å². The van der Waals surface area contributed by atoms with Crippen LogP contribution in [0.1, 0.15) is 41.5 Å². The Bertz CT molecular complexity index is 779. The molecule has 0 N–H and O–H groups in total. The predicted molar refractivity (Wildman–Crippen MR) is 126 cm³/mol. The van der Waals surface area contributed by atoms with Gasteiger partial charge in [0.25, 0.3) is 11.6 Å². The highest BCUT2D eigenvalue weighted by Crippen LogP contribution is 2.57. The van der Waals surface area contributed by atoms with E-state index < -0.39 is 27.7 Å². The van der Waals surface area contributed by atoms with Gasteiger partial charge in [-0.15, -0.1) is 11.1 Å². The maximum Gasteiger partial charge on any atom is 0.266 e. The first kappa shape index (κ1) is 23.8. The van der Waals surface area contributed by atoms with Gasteiger partial charge < -0.3 is 18.9 Å². The highest BCUT2D eigenvalue weighted by atomic mass is 28.3. The molecule has 166 valence electrons. The Labute approximate surface area is 185 Å². The molecule has 2 fully saturated rings. The largest absolute Gasteiger partial charge is 0.338 e. The lowest BCUT2D eigenvalue weighted by Gasteiger charge is -2.50. The van der Waals surface area contributed by atoms with Crippen LogP contribution < -0.4 is 0 Å². The Morgan fingerprint density at radius 3 is 1.10 bits per heavy atom. The fraction of sp³-hybridized carbons (Fsp3) is 0.750. The van der Waals surface area contributed by atoms with E-state index in [1.807, 2.05) is 0 Å². The molecule has 1 aliphatic carbocycles. The standard InChI is InChI=1S/C24H38O4Si2/c1-21(2,3)29(7,8)17-11-19-20(12-18-30(9,10)22(4,5)6)24(27-15-16-28-24)23(19)25-13-14-26-23/h13-16H2,1-10H3. The number of ether oxygens (including phenoxy) is 4. The van der Waals surface area contributed by atoms with Crippen molar-refractivity contribution in [1.29, 1.82) is 0 Å². The van der Waals surface area contributed by atoms with E-state index in [9.17, 15) is 0 Å². The summed E-state index contributed by atoms with van der Waals surface area (Å²) in [5.74, 6) is 4.79. The molecule has 2 aliphatic heterocycles. The summed E-state index contributed by atoms with van der Waals surface area (Å²) in [6, 6.07) is 0. The zero-order valence-electron chi connectivity index (χ0n) is 20.5. The minimum Gasteiger partial charge on any atom is -0.338 e. The van der Waals surface area contributed by atoms with Crippen molar-refractivity contribution in [3.63, 3.8) is 0 Å². The summed E-state index contributed by atoms with van der Waals surface area (Å²) < 4.78 is 24.5. The van der Waals surface area contributed by atoms with Crippen LogP contribution in [0.25, 0.3) is 0 Å². The highest BCUT2D eigenvalue weighted by molar-refractivity contribution is 6.88. The molecular weight excluding hydrogens is 408 g/mol. The topological polar surface area (TPSA) is 36.9 Å². The lowest BCUT2D eigenvalue weighted by Crippen LogP contribution is -2.66. The van der Waals surface area contributed by atoms with Gasteiger partial charge in [0.15, 0.2) is 0 Å². The molecule has 3 aliphatic rings. The lowest BCUT2D eigenvalue weighted by atomic mass is 9.75. The van der Waals surface area contributed by atoms with E-state index in [0.29, 0.717) is 26.4 Å². The number of hydrogen-bond acceptors (Lipinski definition) is 4. The normalized spacial score (nSPS) is 23.1. The summed E-state index contributed by atoms with van der Waals surface area (Å²) in [5.41, 5.74) is 8.85. The van der Waals surface area contributed by atoms with Crippen LogP contribution in [0.2, 0.25) is 36.3 Å². The Hall–Kier alpha value is -0.866. The quantitative estimate of drug-likeness (QED) is 0.392. The van der Waals surface area contributed by atoms with Crippen molar-refractivity contribution in [3.05, 3.63) is 11.1 Å². The van der Waals surface area contributed by atoms with Gasteiger partial charge in [-0.3, -0.25) is 0 Å². The van der Waals surface area contributed by atoms with Crippen LogP contribution in [0.3, 0.4) is 0 Å². The van der Waals surface area contributed by atoms with Crippen molar-refractivity contribution in [3.8, 4) is 22.9 Å². The summed E-state index contributed by atoms with van der Waals surface area (Å²) in [6.45, 7) is 24.8. The van der Waals surface area contributed by atoms with E-state index in [1.54, 1.807) is 0 Å². The van der Waals surface area contributed by atoms with Crippen molar-refractivity contribution in [2.75, 3.05) is 26.4 Å². The lowest BCUT2D eigenvalue weighted by molar-refractivity contribution is -0.326. The van der Waals surface area contributed by atoms with Crippen LogP contribution in [-0.2, 0) is 18.9 Å². The van der Waals surface area contributed by atoms with E-state index in [0.717, 1.165) is 11.1 Å². The fourth-order valence-corrected chi connectivity index (χ4v) is 4.82. The molecule has 4 nitrogen and oxygen atoms in total. The van der Waals surface area contributed by atoms with Gasteiger partial charge in [-0.25, -0.2) is 0 Å². The molecule has 0 saturated carbocycles.